The maximum Gasteiger partial charge on any atom is 0.121 e. The first-order chi connectivity index (χ1) is 5.78. The second-order valence-electron chi connectivity index (χ2n) is 3.22. The molecule has 1 aliphatic carbocycles. The molecule has 64 valence electrons. The lowest BCUT2D eigenvalue weighted by Crippen LogP contribution is -2.08. The van der Waals surface area contributed by atoms with Crippen LogP contribution in [0.3, 0.4) is 0 Å². The zero-order valence-electron chi connectivity index (χ0n) is 7.08. The molecule has 0 amide bonds. The number of benzene rings is 1. The van der Waals surface area contributed by atoms with Crippen molar-refractivity contribution in [3.05, 3.63) is 29.8 Å². The number of para-hydroxylation sites is 1. The van der Waals surface area contributed by atoms with Crippen LogP contribution in [0.1, 0.15) is 18.4 Å². The second kappa shape index (κ2) is 2.49. The SMILES string of the molecule is COC1(c2ccccc2O)CC1. The first-order valence-corrected chi connectivity index (χ1v) is 4.12. The molecule has 2 nitrogen and oxygen atoms in total. The first-order valence-electron chi connectivity index (χ1n) is 4.12. The Hall–Kier alpha value is -1.02. The minimum atomic E-state index is -0.175. The molecule has 0 saturated heterocycles. The number of phenols is 1. The lowest BCUT2D eigenvalue weighted by atomic mass is 10.1. The van der Waals surface area contributed by atoms with E-state index < -0.39 is 0 Å². The van der Waals surface area contributed by atoms with Crippen molar-refractivity contribution in [3.8, 4) is 5.75 Å². The van der Waals surface area contributed by atoms with Crippen molar-refractivity contribution in [2.45, 2.75) is 18.4 Å². The summed E-state index contributed by atoms with van der Waals surface area (Å²) in [7, 11) is 1.69. The average molecular weight is 164 g/mol. The molecule has 0 spiro atoms. The van der Waals surface area contributed by atoms with Gasteiger partial charge in [-0.1, -0.05) is 18.2 Å². The molecule has 1 saturated carbocycles. The Bertz CT molecular complexity index is 290. The Balaban J connectivity index is 2.40. The quantitative estimate of drug-likeness (QED) is 0.724. The van der Waals surface area contributed by atoms with Gasteiger partial charge >= 0.3 is 0 Å². The topological polar surface area (TPSA) is 29.5 Å². The lowest BCUT2D eigenvalue weighted by Gasteiger charge is -2.14. The monoisotopic (exact) mass is 164 g/mol. The number of hydrogen-bond acceptors (Lipinski definition) is 2. The zero-order valence-corrected chi connectivity index (χ0v) is 7.08. The van der Waals surface area contributed by atoms with Crippen LogP contribution in [-0.2, 0) is 10.3 Å². The maximum absolute atomic E-state index is 9.54. The molecule has 0 heterocycles. The highest BCUT2D eigenvalue weighted by molar-refractivity contribution is 5.39. The van der Waals surface area contributed by atoms with Gasteiger partial charge in [0.05, 0.1) is 5.60 Å². The summed E-state index contributed by atoms with van der Waals surface area (Å²) in [6.07, 6.45) is 2.03. The molecule has 1 fully saturated rings. The first kappa shape index (κ1) is 7.62. The minimum absolute atomic E-state index is 0.175. The van der Waals surface area contributed by atoms with Crippen LogP contribution >= 0.6 is 0 Å². The van der Waals surface area contributed by atoms with E-state index in [1.807, 2.05) is 18.2 Å². The molecule has 2 rings (SSSR count). The van der Waals surface area contributed by atoms with Gasteiger partial charge in [0.2, 0.25) is 0 Å². The molecule has 0 atom stereocenters. The maximum atomic E-state index is 9.54. The number of phenolic OH excluding ortho intramolecular Hbond substituents is 1. The molecule has 2 heteroatoms. The van der Waals surface area contributed by atoms with Crippen molar-refractivity contribution >= 4 is 0 Å². The van der Waals surface area contributed by atoms with Crippen LogP contribution in [0.15, 0.2) is 24.3 Å². The molecule has 0 aromatic heterocycles. The van der Waals surface area contributed by atoms with E-state index in [0.717, 1.165) is 18.4 Å². The van der Waals surface area contributed by atoms with Gasteiger partial charge in [0.1, 0.15) is 5.75 Å². The molecular formula is C10H12O2. The molecule has 0 aliphatic heterocycles. The van der Waals surface area contributed by atoms with Crippen molar-refractivity contribution in [2.24, 2.45) is 0 Å². The molecular weight excluding hydrogens is 152 g/mol. The van der Waals surface area contributed by atoms with Gasteiger partial charge in [0.15, 0.2) is 0 Å². The van der Waals surface area contributed by atoms with Crippen LogP contribution in [0.5, 0.6) is 5.75 Å². The molecule has 1 aromatic rings. The number of hydrogen-bond donors (Lipinski definition) is 1. The summed E-state index contributed by atoms with van der Waals surface area (Å²) in [6.45, 7) is 0. The highest BCUT2D eigenvalue weighted by atomic mass is 16.5. The van der Waals surface area contributed by atoms with E-state index in [1.165, 1.54) is 0 Å². The summed E-state index contributed by atoms with van der Waals surface area (Å²) < 4.78 is 5.36. The van der Waals surface area contributed by atoms with Crippen LogP contribution in [0.25, 0.3) is 0 Å². The molecule has 0 bridgehead atoms. The Morgan fingerprint density at radius 3 is 2.50 bits per heavy atom. The predicted octanol–water partition coefficient (Wildman–Crippen LogP) is 2.03. The van der Waals surface area contributed by atoms with E-state index in [9.17, 15) is 5.11 Å². The Labute approximate surface area is 71.8 Å². The predicted molar refractivity (Wildman–Crippen MR) is 46.0 cm³/mol. The Morgan fingerprint density at radius 2 is 2.00 bits per heavy atom. The number of aromatic hydroxyl groups is 1. The van der Waals surface area contributed by atoms with Crippen LogP contribution in [-0.4, -0.2) is 12.2 Å². The van der Waals surface area contributed by atoms with Gasteiger partial charge in [-0.25, -0.2) is 0 Å². The van der Waals surface area contributed by atoms with Crippen molar-refractivity contribution < 1.29 is 9.84 Å². The van der Waals surface area contributed by atoms with Gasteiger partial charge in [0.25, 0.3) is 0 Å². The van der Waals surface area contributed by atoms with Crippen molar-refractivity contribution in [1.29, 1.82) is 0 Å². The third-order valence-corrected chi connectivity index (χ3v) is 2.49. The van der Waals surface area contributed by atoms with Gasteiger partial charge in [-0.3, -0.25) is 0 Å². The zero-order chi connectivity index (χ0) is 8.60. The van der Waals surface area contributed by atoms with E-state index in [2.05, 4.69) is 0 Å². The number of ether oxygens (including phenoxy) is 1. The van der Waals surface area contributed by atoms with E-state index in [4.69, 9.17) is 4.74 Å². The summed E-state index contributed by atoms with van der Waals surface area (Å²) in [5.41, 5.74) is 0.748. The van der Waals surface area contributed by atoms with Crippen molar-refractivity contribution in [1.82, 2.24) is 0 Å². The largest absolute Gasteiger partial charge is 0.508 e. The average Bonchev–Trinajstić information content (AvgIpc) is 2.86. The molecule has 12 heavy (non-hydrogen) atoms. The normalized spacial score (nSPS) is 19.1. The molecule has 1 N–H and O–H groups in total. The van der Waals surface area contributed by atoms with Crippen molar-refractivity contribution in [2.75, 3.05) is 7.11 Å². The summed E-state index contributed by atoms with van der Waals surface area (Å²) in [4.78, 5) is 0. The molecule has 1 aliphatic rings. The van der Waals surface area contributed by atoms with Crippen LogP contribution < -0.4 is 0 Å². The van der Waals surface area contributed by atoms with Crippen LogP contribution in [0.2, 0.25) is 0 Å². The number of rotatable bonds is 2. The fourth-order valence-corrected chi connectivity index (χ4v) is 1.56. The standard InChI is InChI=1S/C10H12O2/c1-12-10(6-7-10)8-4-2-3-5-9(8)11/h2-5,11H,6-7H2,1H3. The van der Waals surface area contributed by atoms with Gasteiger partial charge in [-0.05, 0) is 18.9 Å². The van der Waals surface area contributed by atoms with E-state index in [-0.39, 0.29) is 5.60 Å². The van der Waals surface area contributed by atoms with Gasteiger partial charge in [-0.15, -0.1) is 0 Å². The van der Waals surface area contributed by atoms with Crippen molar-refractivity contribution in [3.63, 3.8) is 0 Å². The number of methoxy groups -OCH3 is 1. The minimum Gasteiger partial charge on any atom is -0.508 e. The smallest absolute Gasteiger partial charge is 0.121 e. The lowest BCUT2D eigenvalue weighted by molar-refractivity contribution is 0.0767. The fourth-order valence-electron chi connectivity index (χ4n) is 1.56. The van der Waals surface area contributed by atoms with E-state index in [1.54, 1.807) is 13.2 Å². The third-order valence-electron chi connectivity index (χ3n) is 2.49. The van der Waals surface area contributed by atoms with Crippen LogP contribution in [0, 0.1) is 0 Å². The molecule has 1 aromatic carbocycles. The summed E-state index contributed by atoms with van der Waals surface area (Å²) >= 11 is 0. The van der Waals surface area contributed by atoms with E-state index >= 15 is 0 Å². The fraction of sp³-hybridized carbons (Fsp3) is 0.400. The van der Waals surface area contributed by atoms with E-state index in [0.29, 0.717) is 5.75 Å². The Kier molecular flexibility index (Phi) is 1.58. The highest BCUT2D eigenvalue weighted by Crippen LogP contribution is 2.51. The summed E-state index contributed by atoms with van der Waals surface area (Å²) in [5.74, 6) is 0.344. The van der Waals surface area contributed by atoms with Gasteiger partial charge in [-0.2, -0.15) is 0 Å². The molecule has 0 unspecified atom stereocenters. The summed E-state index contributed by atoms with van der Waals surface area (Å²) in [6, 6.07) is 7.37. The van der Waals surface area contributed by atoms with Gasteiger partial charge < -0.3 is 9.84 Å². The van der Waals surface area contributed by atoms with Gasteiger partial charge in [0, 0.05) is 12.7 Å². The molecule has 0 radical (unpaired) electrons. The summed E-state index contributed by atoms with van der Waals surface area (Å²) in [5, 5.41) is 9.54. The second-order valence-corrected chi connectivity index (χ2v) is 3.22. The highest BCUT2D eigenvalue weighted by Gasteiger charge is 2.46. The Morgan fingerprint density at radius 1 is 1.33 bits per heavy atom. The van der Waals surface area contributed by atoms with Crippen LogP contribution in [0.4, 0.5) is 0 Å². The third kappa shape index (κ3) is 0.994.